The Balaban J connectivity index is 2.06. The molecule has 0 unspecified atom stereocenters. The van der Waals surface area contributed by atoms with Crippen molar-refractivity contribution in [2.75, 3.05) is 0 Å². The molecule has 0 heteroatoms. The van der Waals surface area contributed by atoms with Crippen LogP contribution in [0.2, 0.25) is 0 Å². The van der Waals surface area contributed by atoms with Crippen LogP contribution in [-0.2, 0) is 38.5 Å². The summed E-state index contributed by atoms with van der Waals surface area (Å²) < 4.78 is 0. The van der Waals surface area contributed by atoms with Crippen LogP contribution in [0, 0.1) is 0 Å². The van der Waals surface area contributed by atoms with Gasteiger partial charge in [0.2, 0.25) is 0 Å². The lowest BCUT2D eigenvalue weighted by Crippen LogP contribution is -2.12. The van der Waals surface area contributed by atoms with E-state index in [1.807, 2.05) is 0 Å². The third kappa shape index (κ3) is 3.75. The molecule has 1 aliphatic rings. The van der Waals surface area contributed by atoms with E-state index < -0.39 is 0 Å². The van der Waals surface area contributed by atoms with Gasteiger partial charge in [-0.15, -0.1) is 0 Å². The van der Waals surface area contributed by atoms with Gasteiger partial charge in [0.25, 0.3) is 0 Å². The zero-order chi connectivity index (χ0) is 20.3. The van der Waals surface area contributed by atoms with E-state index in [2.05, 4.69) is 71.5 Å². The first-order valence-electron chi connectivity index (χ1n) is 11.3. The fourth-order valence-corrected chi connectivity index (χ4v) is 4.98. The highest BCUT2D eigenvalue weighted by Gasteiger charge is 2.23. The standard InChI is InChI=1S/C28H36/c1-7-21-13-12-20(16-22(21)8-2)17-24-14-15-25-18-23(9-3)26(10-4)27(11-5)28(25)19(24)6/h12-13,16-18H,6-11,14-15H2,1-5H3. The second kappa shape index (κ2) is 8.95. The fourth-order valence-electron chi connectivity index (χ4n) is 4.98. The molecule has 0 saturated heterocycles. The highest BCUT2D eigenvalue weighted by Crippen LogP contribution is 2.40. The Hall–Kier alpha value is -2.08. The van der Waals surface area contributed by atoms with Crippen molar-refractivity contribution in [3.8, 4) is 0 Å². The third-order valence-corrected chi connectivity index (χ3v) is 6.50. The zero-order valence-corrected chi connectivity index (χ0v) is 18.5. The van der Waals surface area contributed by atoms with Crippen molar-refractivity contribution in [2.45, 2.75) is 79.6 Å². The maximum atomic E-state index is 4.58. The van der Waals surface area contributed by atoms with Gasteiger partial charge < -0.3 is 0 Å². The summed E-state index contributed by atoms with van der Waals surface area (Å²) in [6, 6.07) is 9.45. The number of aryl methyl sites for hydroxylation is 4. The molecule has 148 valence electrons. The lowest BCUT2D eigenvalue weighted by molar-refractivity contribution is 0.900. The molecule has 28 heavy (non-hydrogen) atoms. The van der Waals surface area contributed by atoms with Crippen LogP contribution in [0.25, 0.3) is 11.6 Å². The highest BCUT2D eigenvalue weighted by molar-refractivity contribution is 5.88. The van der Waals surface area contributed by atoms with Crippen LogP contribution < -0.4 is 0 Å². The lowest BCUT2D eigenvalue weighted by Gasteiger charge is -2.28. The number of benzene rings is 2. The van der Waals surface area contributed by atoms with Crippen molar-refractivity contribution >= 4 is 11.6 Å². The summed E-state index contributed by atoms with van der Waals surface area (Å²) in [5.41, 5.74) is 14.6. The summed E-state index contributed by atoms with van der Waals surface area (Å²) in [4.78, 5) is 0. The molecule has 2 aromatic rings. The topological polar surface area (TPSA) is 0 Å². The van der Waals surface area contributed by atoms with Crippen LogP contribution in [0.4, 0.5) is 0 Å². The maximum Gasteiger partial charge on any atom is -0.0120 e. The quantitative estimate of drug-likeness (QED) is 0.491. The average Bonchev–Trinajstić information content (AvgIpc) is 2.73. The van der Waals surface area contributed by atoms with Crippen molar-refractivity contribution < 1.29 is 0 Å². The summed E-state index contributed by atoms with van der Waals surface area (Å²) >= 11 is 0. The molecule has 2 aromatic carbocycles. The summed E-state index contributed by atoms with van der Waals surface area (Å²) in [5, 5.41) is 0. The molecule has 0 fully saturated rings. The van der Waals surface area contributed by atoms with Gasteiger partial charge in [-0.2, -0.15) is 0 Å². The minimum Gasteiger partial charge on any atom is -0.0909 e. The van der Waals surface area contributed by atoms with Crippen LogP contribution in [0.1, 0.15) is 85.5 Å². The van der Waals surface area contributed by atoms with E-state index in [9.17, 15) is 0 Å². The predicted molar refractivity (Wildman–Crippen MR) is 125 cm³/mol. The molecule has 1 aliphatic carbocycles. The van der Waals surface area contributed by atoms with Crippen molar-refractivity contribution in [3.05, 3.63) is 80.9 Å². The molecule has 0 radical (unpaired) electrons. The molecule has 0 saturated carbocycles. The normalized spacial score (nSPS) is 15.2. The molecule has 0 aromatic heterocycles. The van der Waals surface area contributed by atoms with Crippen LogP contribution in [0.15, 0.2) is 36.4 Å². The van der Waals surface area contributed by atoms with Crippen molar-refractivity contribution in [1.29, 1.82) is 0 Å². The van der Waals surface area contributed by atoms with Gasteiger partial charge in [-0.05, 0) is 101 Å². The third-order valence-electron chi connectivity index (χ3n) is 6.50. The minimum atomic E-state index is 1.09. The van der Waals surface area contributed by atoms with Gasteiger partial charge in [-0.3, -0.25) is 0 Å². The van der Waals surface area contributed by atoms with E-state index in [-0.39, 0.29) is 0 Å². The van der Waals surface area contributed by atoms with Crippen molar-refractivity contribution in [3.63, 3.8) is 0 Å². The first-order valence-corrected chi connectivity index (χ1v) is 11.3. The molecule has 0 spiro atoms. The average molecular weight is 373 g/mol. The molecule has 0 heterocycles. The van der Waals surface area contributed by atoms with E-state index in [1.54, 1.807) is 16.7 Å². The molecule has 0 aliphatic heterocycles. The molecule has 0 nitrogen and oxygen atoms in total. The SMILES string of the molecule is C=C1C(=Cc2ccc(CC)c(CC)c2)CCc2cc(CC)c(CC)c(CC)c21. The number of rotatable bonds is 6. The summed E-state index contributed by atoms with van der Waals surface area (Å²) in [6.07, 6.45) is 10.2. The smallest absolute Gasteiger partial charge is 0.0120 e. The van der Waals surface area contributed by atoms with E-state index in [1.165, 1.54) is 39.0 Å². The van der Waals surface area contributed by atoms with E-state index in [0.29, 0.717) is 0 Å². The molecule has 3 rings (SSSR count). The number of allylic oxidation sites excluding steroid dienone is 2. The van der Waals surface area contributed by atoms with Gasteiger partial charge in [-0.25, -0.2) is 0 Å². The largest absolute Gasteiger partial charge is 0.0909 e. The Kier molecular flexibility index (Phi) is 6.60. The maximum absolute atomic E-state index is 4.58. The first kappa shape index (κ1) is 20.6. The van der Waals surface area contributed by atoms with Gasteiger partial charge in [0, 0.05) is 0 Å². The van der Waals surface area contributed by atoms with Crippen LogP contribution in [0.3, 0.4) is 0 Å². The van der Waals surface area contributed by atoms with Gasteiger partial charge in [0.1, 0.15) is 0 Å². The molecule has 0 N–H and O–H groups in total. The molecular weight excluding hydrogens is 336 g/mol. The second-order valence-electron chi connectivity index (χ2n) is 7.97. The van der Waals surface area contributed by atoms with E-state index in [4.69, 9.17) is 0 Å². The monoisotopic (exact) mass is 372 g/mol. The van der Waals surface area contributed by atoms with Gasteiger partial charge in [0.15, 0.2) is 0 Å². The van der Waals surface area contributed by atoms with Gasteiger partial charge in [-0.1, -0.05) is 71.5 Å². The zero-order valence-electron chi connectivity index (χ0n) is 18.5. The molecule has 0 amide bonds. The van der Waals surface area contributed by atoms with Crippen LogP contribution in [-0.4, -0.2) is 0 Å². The Morgan fingerprint density at radius 2 is 1.43 bits per heavy atom. The van der Waals surface area contributed by atoms with Crippen molar-refractivity contribution in [2.24, 2.45) is 0 Å². The van der Waals surface area contributed by atoms with E-state index in [0.717, 1.165) is 44.9 Å². The number of fused-ring (bicyclic) bond motifs is 1. The Labute approximate surface area is 172 Å². The van der Waals surface area contributed by atoms with Crippen molar-refractivity contribution in [1.82, 2.24) is 0 Å². The van der Waals surface area contributed by atoms with Gasteiger partial charge in [0.05, 0.1) is 0 Å². The van der Waals surface area contributed by atoms with E-state index >= 15 is 0 Å². The van der Waals surface area contributed by atoms with Crippen LogP contribution >= 0.6 is 0 Å². The summed E-state index contributed by atoms with van der Waals surface area (Å²) in [7, 11) is 0. The predicted octanol–water partition coefficient (Wildman–Crippen LogP) is 7.54. The fraction of sp³-hybridized carbons (Fsp3) is 0.429. The first-order chi connectivity index (χ1) is 13.6. The second-order valence-corrected chi connectivity index (χ2v) is 7.97. The van der Waals surface area contributed by atoms with Gasteiger partial charge >= 0.3 is 0 Å². The highest BCUT2D eigenvalue weighted by atomic mass is 14.3. The summed E-state index contributed by atoms with van der Waals surface area (Å²) in [5.74, 6) is 0. The molecular formula is C28H36. The molecule has 0 atom stereocenters. The molecule has 0 bridgehead atoms. The number of hydrogen-bond acceptors (Lipinski definition) is 0. The Bertz CT molecular complexity index is 908. The Morgan fingerprint density at radius 1 is 0.750 bits per heavy atom. The Morgan fingerprint density at radius 3 is 2.04 bits per heavy atom. The summed E-state index contributed by atoms with van der Waals surface area (Å²) in [6.45, 7) is 16.0. The van der Waals surface area contributed by atoms with Crippen LogP contribution in [0.5, 0.6) is 0 Å². The number of hydrogen-bond donors (Lipinski definition) is 0. The minimum absolute atomic E-state index is 1.09. The lowest BCUT2D eigenvalue weighted by atomic mass is 9.77.